The molecule has 1 fully saturated rings. The second-order valence-electron chi connectivity index (χ2n) is 7.90. The Hall–Kier alpha value is -3.40. The lowest BCUT2D eigenvalue weighted by Crippen LogP contribution is -2.48. The van der Waals surface area contributed by atoms with E-state index in [0.717, 1.165) is 18.2 Å². The van der Waals surface area contributed by atoms with Gasteiger partial charge in [-0.1, -0.05) is 18.2 Å². The summed E-state index contributed by atoms with van der Waals surface area (Å²) in [5.41, 5.74) is -0.124. The summed E-state index contributed by atoms with van der Waals surface area (Å²) < 4.78 is 76.2. The summed E-state index contributed by atoms with van der Waals surface area (Å²) in [6.45, 7) is 2.01. The van der Waals surface area contributed by atoms with Crippen molar-refractivity contribution in [1.29, 1.82) is 0 Å². The number of carbonyl (C=O) groups excluding carboxylic acids is 1. The van der Waals surface area contributed by atoms with Gasteiger partial charge in [-0.2, -0.15) is 13.2 Å². The highest BCUT2D eigenvalue weighted by Crippen LogP contribution is 2.30. The van der Waals surface area contributed by atoms with E-state index in [-0.39, 0.29) is 24.0 Å². The van der Waals surface area contributed by atoms with Crippen LogP contribution >= 0.6 is 0 Å². The van der Waals surface area contributed by atoms with Crippen LogP contribution in [0.2, 0.25) is 0 Å². The SMILES string of the molecule is O=C(c1ccc(COc2ccc(F)cc2F)o1)N1CCN(Cc2cccc(C(F)(F)F)c2)CC1. The number of halogens is 5. The first-order valence-corrected chi connectivity index (χ1v) is 10.5. The van der Waals surface area contributed by atoms with Crippen LogP contribution in [0.4, 0.5) is 22.0 Å². The van der Waals surface area contributed by atoms with Crippen LogP contribution in [0.5, 0.6) is 5.75 Å². The minimum atomic E-state index is -4.39. The van der Waals surface area contributed by atoms with E-state index >= 15 is 0 Å². The van der Waals surface area contributed by atoms with Crippen LogP contribution in [0.1, 0.15) is 27.4 Å². The monoisotopic (exact) mass is 480 g/mol. The number of alkyl halides is 3. The number of benzene rings is 2. The molecule has 180 valence electrons. The third-order valence-electron chi connectivity index (χ3n) is 5.46. The highest BCUT2D eigenvalue weighted by molar-refractivity contribution is 5.91. The molecule has 2 heterocycles. The lowest BCUT2D eigenvalue weighted by Gasteiger charge is -2.34. The van der Waals surface area contributed by atoms with Crippen molar-refractivity contribution < 1.29 is 35.9 Å². The smallest absolute Gasteiger partial charge is 0.416 e. The summed E-state index contributed by atoms with van der Waals surface area (Å²) in [6, 6.07) is 11.2. The summed E-state index contributed by atoms with van der Waals surface area (Å²) in [4.78, 5) is 16.3. The molecule has 1 aromatic heterocycles. The zero-order valence-electron chi connectivity index (χ0n) is 17.9. The highest BCUT2D eigenvalue weighted by Gasteiger charge is 2.31. The van der Waals surface area contributed by atoms with E-state index in [1.165, 1.54) is 18.2 Å². The molecule has 4 rings (SSSR count). The average molecular weight is 480 g/mol. The standard InChI is InChI=1S/C24H21F5N2O3/c25-18-4-6-21(20(26)13-18)33-15-19-5-7-22(34-19)23(32)31-10-8-30(9-11-31)14-16-2-1-3-17(12-16)24(27,28)29/h1-7,12-13H,8-11,14-15H2. The highest BCUT2D eigenvalue weighted by atomic mass is 19.4. The molecule has 0 N–H and O–H groups in total. The molecule has 0 radical (unpaired) electrons. The molecule has 34 heavy (non-hydrogen) atoms. The molecule has 1 aliphatic heterocycles. The second kappa shape index (κ2) is 9.84. The number of furan rings is 1. The van der Waals surface area contributed by atoms with Crippen LogP contribution in [-0.2, 0) is 19.3 Å². The van der Waals surface area contributed by atoms with Crippen molar-refractivity contribution in [1.82, 2.24) is 9.80 Å². The number of carbonyl (C=O) groups is 1. The van der Waals surface area contributed by atoms with Crippen molar-refractivity contribution in [2.45, 2.75) is 19.3 Å². The lowest BCUT2D eigenvalue weighted by molar-refractivity contribution is -0.137. The maximum absolute atomic E-state index is 13.7. The quantitative estimate of drug-likeness (QED) is 0.460. The molecule has 2 aromatic carbocycles. The van der Waals surface area contributed by atoms with E-state index in [0.29, 0.717) is 50.1 Å². The van der Waals surface area contributed by atoms with Gasteiger partial charge < -0.3 is 14.1 Å². The predicted molar refractivity (Wildman–Crippen MR) is 112 cm³/mol. The Morgan fingerprint density at radius 3 is 2.44 bits per heavy atom. The number of piperazine rings is 1. The summed E-state index contributed by atoms with van der Waals surface area (Å²) in [7, 11) is 0. The first kappa shape index (κ1) is 23.7. The van der Waals surface area contributed by atoms with Gasteiger partial charge in [-0.15, -0.1) is 0 Å². The Bertz CT molecular complexity index is 1150. The van der Waals surface area contributed by atoms with Crippen molar-refractivity contribution in [3.8, 4) is 5.75 Å². The molecule has 0 bridgehead atoms. The van der Waals surface area contributed by atoms with Gasteiger partial charge in [-0.3, -0.25) is 9.69 Å². The fourth-order valence-corrected chi connectivity index (χ4v) is 3.68. The zero-order chi connectivity index (χ0) is 24.3. The van der Waals surface area contributed by atoms with Crippen molar-refractivity contribution in [3.05, 3.63) is 88.9 Å². The van der Waals surface area contributed by atoms with Crippen molar-refractivity contribution in [2.24, 2.45) is 0 Å². The van der Waals surface area contributed by atoms with Gasteiger partial charge in [0, 0.05) is 38.8 Å². The van der Waals surface area contributed by atoms with Gasteiger partial charge in [0.2, 0.25) is 0 Å². The van der Waals surface area contributed by atoms with Gasteiger partial charge in [-0.05, 0) is 35.9 Å². The molecule has 0 aliphatic carbocycles. The molecular formula is C24H21F5N2O3. The molecule has 5 nitrogen and oxygen atoms in total. The van der Waals surface area contributed by atoms with Gasteiger partial charge in [-0.25, -0.2) is 8.78 Å². The maximum Gasteiger partial charge on any atom is 0.416 e. The molecule has 0 saturated carbocycles. The Balaban J connectivity index is 1.29. The molecule has 1 saturated heterocycles. The van der Waals surface area contributed by atoms with Crippen molar-refractivity contribution >= 4 is 5.91 Å². The molecule has 0 spiro atoms. The van der Waals surface area contributed by atoms with Gasteiger partial charge in [0.25, 0.3) is 5.91 Å². The van der Waals surface area contributed by atoms with Gasteiger partial charge in [0.1, 0.15) is 18.2 Å². The number of ether oxygens (including phenoxy) is 1. The minimum absolute atomic E-state index is 0.101. The average Bonchev–Trinajstić information content (AvgIpc) is 3.27. The lowest BCUT2D eigenvalue weighted by atomic mass is 10.1. The molecular weight excluding hydrogens is 459 g/mol. The van der Waals surface area contributed by atoms with E-state index in [1.54, 1.807) is 17.0 Å². The van der Waals surface area contributed by atoms with Crippen LogP contribution in [0.15, 0.2) is 59.0 Å². The summed E-state index contributed by atoms with van der Waals surface area (Å²) in [5.74, 6) is -1.61. The molecule has 3 aromatic rings. The van der Waals surface area contributed by atoms with Gasteiger partial charge >= 0.3 is 6.18 Å². The van der Waals surface area contributed by atoms with Gasteiger partial charge in [0.15, 0.2) is 17.3 Å². The zero-order valence-corrected chi connectivity index (χ0v) is 17.9. The van der Waals surface area contributed by atoms with Crippen LogP contribution in [-0.4, -0.2) is 41.9 Å². The summed E-state index contributed by atoms with van der Waals surface area (Å²) in [5, 5.41) is 0. The normalized spacial score (nSPS) is 14.9. The number of nitrogens with zero attached hydrogens (tertiary/aromatic N) is 2. The van der Waals surface area contributed by atoms with E-state index in [9.17, 15) is 26.7 Å². The van der Waals surface area contributed by atoms with E-state index in [2.05, 4.69) is 0 Å². The topological polar surface area (TPSA) is 45.9 Å². The number of hydrogen-bond donors (Lipinski definition) is 0. The molecule has 0 unspecified atom stereocenters. The van der Waals surface area contributed by atoms with Crippen molar-refractivity contribution in [3.63, 3.8) is 0 Å². The predicted octanol–water partition coefficient (Wildman–Crippen LogP) is 5.11. The van der Waals surface area contributed by atoms with E-state index in [1.807, 2.05) is 4.90 Å². The maximum atomic E-state index is 13.7. The number of hydrogen-bond acceptors (Lipinski definition) is 4. The first-order chi connectivity index (χ1) is 16.2. The van der Waals surface area contributed by atoms with Gasteiger partial charge in [0.05, 0.1) is 5.56 Å². The van der Waals surface area contributed by atoms with Crippen LogP contribution in [0, 0.1) is 11.6 Å². The molecule has 1 aliphatic rings. The van der Waals surface area contributed by atoms with E-state index in [4.69, 9.17) is 9.15 Å². The first-order valence-electron chi connectivity index (χ1n) is 10.5. The van der Waals surface area contributed by atoms with Crippen LogP contribution < -0.4 is 4.74 Å². The van der Waals surface area contributed by atoms with E-state index < -0.39 is 23.4 Å². The number of rotatable bonds is 6. The van der Waals surface area contributed by atoms with Crippen molar-refractivity contribution in [2.75, 3.05) is 26.2 Å². The third-order valence-corrected chi connectivity index (χ3v) is 5.46. The minimum Gasteiger partial charge on any atom is -0.483 e. The molecule has 1 amide bonds. The third kappa shape index (κ3) is 5.74. The Kier molecular flexibility index (Phi) is 6.87. The number of amides is 1. The van der Waals surface area contributed by atoms with Crippen LogP contribution in [0.25, 0.3) is 0 Å². The summed E-state index contributed by atoms with van der Waals surface area (Å²) in [6.07, 6.45) is -4.39. The fourth-order valence-electron chi connectivity index (χ4n) is 3.68. The fraction of sp³-hybridized carbons (Fsp3) is 0.292. The Labute approximate surface area is 192 Å². The summed E-state index contributed by atoms with van der Waals surface area (Å²) >= 11 is 0. The molecule has 0 atom stereocenters. The Morgan fingerprint density at radius 2 is 1.74 bits per heavy atom. The largest absolute Gasteiger partial charge is 0.483 e. The molecule has 10 heteroatoms. The second-order valence-corrected chi connectivity index (χ2v) is 7.90. The Morgan fingerprint density at radius 1 is 0.971 bits per heavy atom. The van der Waals surface area contributed by atoms with Crippen LogP contribution in [0.3, 0.4) is 0 Å².